The number of imide groups is 1. The highest BCUT2D eigenvalue weighted by molar-refractivity contribution is 6.31. The Labute approximate surface area is 89.6 Å². The SMILES string of the molecule is CCCN(CC)C(=O)NC(=O)C(C)Cl. The zero-order valence-corrected chi connectivity index (χ0v) is 9.60. The van der Waals surface area contributed by atoms with Crippen molar-refractivity contribution >= 4 is 23.5 Å². The molecule has 0 saturated heterocycles. The van der Waals surface area contributed by atoms with Gasteiger partial charge in [-0.25, -0.2) is 4.79 Å². The van der Waals surface area contributed by atoms with E-state index in [9.17, 15) is 9.59 Å². The van der Waals surface area contributed by atoms with Crippen LogP contribution in [-0.2, 0) is 4.79 Å². The molecule has 14 heavy (non-hydrogen) atoms. The van der Waals surface area contributed by atoms with Gasteiger partial charge in [0.15, 0.2) is 0 Å². The molecular weight excluding hydrogens is 204 g/mol. The van der Waals surface area contributed by atoms with Crippen molar-refractivity contribution in [2.75, 3.05) is 13.1 Å². The number of urea groups is 1. The molecule has 0 fully saturated rings. The summed E-state index contributed by atoms with van der Waals surface area (Å²) in [7, 11) is 0. The average Bonchev–Trinajstić information content (AvgIpc) is 2.13. The molecule has 0 aromatic rings. The minimum absolute atomic E-state index is 0.369. The van der Waals surface area contributed by atoms with E-state index in [4.69, 9.17) is 11.6 Å². The molecule has 3 amide bonds. The van der Waals surface area contributed by atoms with Gasteiger partial charge in [0.25, 0.3) is 0 Å². The lowest BCUT2D eigenvalue weighted by molar-refractivity contribution is -0.119. The maximum Gasteiger partial charge on any atom is 0.324 e. The molecule has 0 rings (SSSR count). The Morgan fingerprint density at radius 1 is 1.43 bits per heavy atom. The fraction of sp³-hybridized carbons (Fsp3) is 0.778. The molecular formula is C9H17ClN2O2. The molecule has 0 heterocycles. The fourth-order valence-corrected chi connectivity index (χ4v) is 1.01. The summed E-state index contributed by atoms with van der Waals surface area (Å²) in [6.07, 6.45) is 0.867. The maximum atomic E-state index is 11.4. The Morgan fingerprint density at radius 3 is 2.36 bits per heavy atom. The summed E-state index contributed by atoms with van der Waals surface area (Å²) in [4.78, 5) is 24.1. The number of carbonyl (C=O) groups excluding carboxylic acids is 2. The Morgan fingerprint density at radius 2 is 2.00 bits per heavy atom. The molecule has 0 aromatic carbocycles. The highest BCUT2D eigenvalue weighted by atomic mass is 35.5. The van der Waals surface area contributed by atoms with Gasteiger partial charge in [-0.15, -0.1) is 11.6 Å². The molecule has 0 aliphatic carbocycles. The largest absolute Gasteiger partial charge is 0.325 e. The highest BCUT2D eigenvalue weighted by Gasteiger charge is 2.16. The number of nitrogens with one attached hydrogen (secondary N) is 1. The Balaban J connectivity index is 4.10. The van der Waals surface area contributed by atoms with E-state index in [0.717, 1.165) is 6.42 Å². The van der Waals surface area contributed by atoms with E-state index in [1.165, 1.54) is 6.92 Å². The number of nitrogens with zero attached hydrogens (tertiary/aromatic N) is 1. The van der Waals surface area contributed by atoms with Crippen LogP contribution in [0.15, 0.2) is 0 Å². The van der Waals surface area contributed by atoms with Gasteiger partial charge in [0.1, 0.15) is 5.38 Å². The van der Waals surface area contributed by atoms with E-state index < -0.39 is 11.3 Å². The first-order valence-corrected chi connectivity index (χ1v) is 5.20. The topological polar surface area (TPSA) is 49.4 Å². The number of halogens is 1. The summed E-state index contributed by atoms with van der Waals surface area (Å²) in [5.74, 6) is -0.453. The molecule has 5 heteroatoms. The van der Waals surface area contributed by atoms with Gasteiger partial charge in [0.2, 0.25) is 5.91 Å². The van der Waals surface area contributed by atoms with Crippen molar-refractivity contribution in [3.63, 3.8) is 0 Å². The summed E-state index contributed by atoms with van der Waals surface area (Å²) in [6, 6.07) is -0.369. The molecule has 1 atom stereocenters. The van der Waals surface area contributed by atoms with Crippen LogP contribution in [0.5, 0.6) is 0 Å². The first kappa shape index (κ1) is 13.2. The minimum atomic E-state index is -0.681. The number of alkyl halides is 1. The zero-order chi connectivity index (χ0) is 11.1. The molecule has 0 aliphatic heterocycles. The summed E-state index contributed by atoms with van der Waals surface area (Å²) >= 11 is 5.51. The van der Waals surface area contributed by atoms with Crippen LogP contribution in [0.1, 0.15) is 27.2 Å². The van der Waals surface area contributed by atoms with Crippen molar-refractivity contribution in [2.45, 2.75) is 32.6 Å². The monoisotopic (exact) mass is 220 g/mol. The lowest BCUT2D eigenvalue weighted by Crippen LogP contribution is -2.45. The molecule has 0 bridgehead atoms. The number of hydrogen-bond donors (Lipinski definition) is 1. The second kappa shape index (κ2) is 6.65. The first-order chi connectivity index (χ1) is 6.52. The van der Waals surface area contributed by atoms with Gasteiger partial charge in [0.05, 0.1) is 0 Å². The third kappa shape index (κ3) is 4.46. The van der Waals surface area contributed by atoms with Crippen LogP contribution in [0.4, 0.5) is 4.79 Å². The van der Waals surface area contributed by atoms with Crippen molar-refractivity contribution in [3.05, 3.63) is 0 Å². The zero-order valence-electron chi connectivity index (χ0n) is 8.84. The van der Waals surface area contributed by atoms with E-state index in [1.54, 1.807) is 4.90 Å². The second-order valence-corrected chi connectivity index (χ2v) is 3.64. The summed E-state index contributed by atoms with van der Waals surface area (Å²) in [5.41, 5.74) is 0. The quantitative estimate of drug-likeness (QED) is 0.732. The standard InChI is InChI=1S/C9H17ClN2O2/c1-4-6-12(5-2)9(14)11-8(13)7(3)10/h7H,4-6H2,1-3H3,(H,11,13,14). The third-order valence-electron chi connectivity index (χ3n) is 1.75. The number of rotatable bonds is 4. The summed E-state index contributed by atoms with van der Waals surface area (Å²) < 4.78 is 0. The van der Waals surface area contributed by atoms with Gasteiger partial charge in [-0.2, -0.15) is 0 Å². The lowest BCUT2D eigenvalue weighted by atomic mass is 10.4. The predicted octanol–water partition coefficient (Wildman–Crippen LogP) is 1.58. The molecule has 1 unspecified atom stereocenters. The van der Waals surface area contributed by atoms with Crippen molar-refractivity contribution in [1.29, 1.82) is 0 Å². The number of amides is 3. The minimum Gasteiger partial charge on any atom is -0.325 e. The van der Waals surface area contributed by atoms with Gasteiger partial charge in [0, 0.05) is 13.1 Å². The number of hydrogen-bond acceptors (Lipinski definition) is 2. The Bertz CT molecular complexity index is 207. The van der Waals surface area contributed by atoms with Crippen LogP contribution in [0.3, 0.4) is 0 Å². The maximum absolute atomic E-state index is 11.4. The van der Waals surface area contributed by atoms with Crippen LogP contribution >= 0.6 is 11.6 Å². The van der Waals surface area contributed by atoms with E-state index in [2.05, 4.69) is 5.32 Å². The predicted molar refractivity (Wildman–Crippen MR) is 56.4 cm³/mol. The van der Waals surface area contributed by atoms with Gasteiger partial charge in [-0.1, -0.05) is 6.92 Å². The van der Waals surface area contributed by atoms with Crippen molar-refractivity contribution < 1.29 is 9.59 Å². The van der Waals surface area contributed by atoms with Crippen LogP contribution in [0, 0.1) is 0 Å². The van der Waals surface area contributed by atoms with Gasteiger partial charge in [-0.05, 0) is 20.3 Å². The first-order valence-electron chi connectivity index (χ1n) is 4.76. The smallest absolute Gasteiger partial charge is 0.324 e. The molecule has 82 valence electrons. The normalized spacial score (nSPS) is 12.0. The van der Waals surface area contributed by atoms with Crippen molar-refractivity contribution in [3.8, 4) is 0 Å². The summed E-state index contributed by atoms with van der Waals surface area (Å²) in [6.45, 7) is 6.60. The lowest BCUT2D eigenvalue weighted by Gasteiger charge is -2.20. The Kier molecular flexibility index (Phi) is 6.28. The Hall–Kier alpha value is -0.770. The van der Waals surface area contributed by atoms with E-state index in [-0.39, 0.29) is 6.03 Å². The molecule has 0 radical (unpaired) electrons. The highest BCUT2D eigenvalue weighted by Crippen LogP contribution is 1.96. The van der Waals surface area contributed by atoms with Crippen LogP contribution in [0.25, 0.3) is 0 Å². The van der Waals surface area contributed by atoms with Crippen molar-refractivity contribution in [1.82, 2.24) is 10.2 Å². The summed E-state index contributed by atoms with van der Waals surface area (Å²) in [5, 5.41) is 1.55. The van der Waals surface area contributed by atoms with E-state index >= 15 is 0 Å². The molecule has 0 saturated carbocycles. The average molecular weight is 221 g/mol. The van der Waals surface area contributed by atoms with Crippen LogP contribution in [-0.4, -0.2) is 35.3 Å². The van der Waals surface area contributed by atoms with E-state index in [0.29, 0.717) is 13.1 Å². The third-order valence-corrected chi connectivity index (χ3v) is 1.95. The number of carbonyl (C=O) groups is 2. The van der Waals surface area contributed by atoms with Gasteiger partial charge in [-0.3, -0.25) is 10.1 Å². The fourth-order valence-electron chi connectivity index (χ4n) is 0.957. The van der Waals surface area contributed by atoms with Crippen LogP contribution in [0.2, 0.25) is 0 Å². The van der Waals surface area contributed by atoms with Crippen molar-refractivity contribution in [2.24, 2.45) is 0 Å². The second-order valence-electron chi connectivity index (χ2n) is 2.99. The van der Waals surface area contributed by atoms with Gasteiger partial charge < -0.3 is 4.90 Å². The molecule has 4 nitrogen and oxygen atoms in total. The molecule has 0 aliphatic rings. The molecule has 0 aromatic heterocycles. The van der Waals surface area contributed by atoms with Gasteiger partial charge >= 0.3 is 6.03 Å². The van der Waals surface area contributed by atoms with E-state index in [1.807, 2.05) is 13.8 Å². The molecule has 0 spiro atoms. The molecule has 1 N–H and O–H groups in total. The van der Waals surface area contributed by atoms with Crippen LogP contribution < -0.4 is 5.32 Å².